The van der Waals surface area contributed by atoms with Gasteiger partial charge in [-0.15, -0.1) is 0 Å². The molecule has 0 bridgehead atoms. The normalized spacial score (nSPS) is 21.5. The highest BCUT2D eigenvalue weighted by atomic mass is 16.4. The van der Waals surface area contributed by atoms with Crippen LogP contribution in [0.1, 0.15) is 38.5 Å². The van der Waals surface area contributed by atoms with Gasteiger partial charge in [0, 0.05) is 12.6 Å². The van der Waals surface area contributed by atoms with Gasteiger partial charge in [0.15, 0.2) is 0 Å². The van der Waals surface area contributed by atoms with E-state index < -0.39 is 12.0 Å². The van der Waals surface area contributed by atoms with Crippen molar-refractivity contribution in [3.8, 4) is 0 Å². The molecule has 0 aromatic heterocycles. The van der Waals surface area contributed by atoms with Crippen LogP contribution in [-0.4, -0.2) is 29.7 Å². The van der Waals surface area contributed by atoms with Crippen molar-refractivity contribution in [1.82, 2.24) is 5.32 Å². The average Bonchev–Trinajstić information content (AvgIpc) is 2.41. The minimum Gasteiger partial charge on any atom is -0.480 e. The molecule has 0 aromatic carbocycles. The first kappa shape index (κ1) is 11.5. The molecule has 0 aliphatic heterocycles. The van der Waals surface area contributed by atoms with Gasteiger partial charge in [0.1, 0.15) is 6.04 Å². The summed E-state index contributed by atoms with van der Waals surface area (Å²) in [5.74, 6) is -0.836. The van der Waals surface area contributed by atoms with Crippen molar-refractivity contribution in [1.29, 1.82) is 0 Å². The zero-order chi connectivity index (χ0) is 10.4. The van der Waals surface area contributed by atoms with Gasteiger partial charge in [-0.3, -0.25) is 4.79 Å². The number of hydrogen-bond donors (Lipinski definition) is 3. The minimum absolute atomic E-state index is 0.172. The molecule has 1 rings (SSSR count). The molecule has 1 fully saturated rings. The van der Waals surface area contributed by atoms with Gasteiger partial charge in [0.25, 0.3) is 0 Å². The molecule has 82 valence electrons. The van der Waals surface area contributed by atoms with E-state index in [4.69, 9.17) is 10.8 Å². The highest BCUT2D eigenvalue weighted by Gasteiger charge is 2.20. The van der Waals surface area contributed by atoms with E-state index >= 15 is 0 Å². The number of rotatable bonds is 4. The maximum Gasteiger partial charge on any atom is 0.322 e. The predicted molar refractivity (Wildman–Crippen MR) is 55.1 cm³/mol. The van der Waals surface area contributed by atoms with E-state index in [9.17, 15) is 4.79 Å². The molecule has 0 amide bonds. The molecule has 1 saturated carbocycles. The largest absolute Gasteiger partial charge is 0.480 e. The van der Waals surface area contributed by atoms with Crippen molar-refractivity contribution < 1.29 is 9.90 Å². The van der Waals surface area contributed by atoms with Crippen molar-refractivity contribution in [2.75, 3.05) is 6.54 Å². The maximum absolute atomic E-state index is 10.7. The third kappa shape index (κ3) is 3.64. The second-order valence-electron chi connectivity index (χ2n) is 3.98. The van der Waals surface area contributed by atoms with Gasteiger partial charge < -0.3 is 16.2 Å². The summed E-state index contributed by atoms with van der Waals surface area (Å²) in [6, 6.07) is -0.222. The molecule has 1 aliphatic carbocycles. The fraction of sp³-hybridized carbons (Fsp3) is 0.900. The SMILES string of the molecule is NCC(NC1CCCCCC1)C(=O)O. The Hall–Kier alpha value is -0.610. The van der Waals surface area contributed by atoms with Crippen molar-refractivity contribution in [3.05, 3.63) is 0 Å². The van der Waals surface area contributed by atoms with Crippen LogP contribution in [-0.2, 0) is 4.79 Å². The van der Waals surface area contributed by atoms with E-state index in [1.165, 1.54) is 25.7 Å². The lowest BCUT2D eigenvalue weighted by atomic mass is 10.1. The van der Waals surface area contributed by atoms with E-state index in [2.05, 4.69) is 5.32 Å². The third-order valence-electron chi connectivity index (χ3n) is 2.83. The molecule has 1 atom stereocenters. The van der Waals surface area contributed by atoms with Crippen LogP contribution in [0.3, 0.4) is 0 Å². The molecule has 0 spiro atoms. The van der Waals surface area contributed by atoms with Crippen molar-refractivity contribution in [2.45, 2.75) is 50.6 Å². The van der Waals surface area contributed by atoms with Gasteiger partial charge in [-0.25, -0.2) is 0 Å². The molecule has 1 aliphatic rings. The summed E-state index contributed by atoms with van der Waals surface area (Å²) in [7, 11) is 0. The number of nitrogens with one attached hydrogen (secondary N) is 1. The quantitative estimate of drug-likeness (QED) is 0.584. The lowest BCUT2D eigenvalue weighted by Gasteiger charge is -2.20. The molecule has 14 heavy (non-hydrogen) atoms. The Morgan fingerprint density at radius 2 is 1.93 bits per heavy atom. The van der Waals surface area contributed by atoms with E-state index in [0.717, 1.165) is 12.8 Å². The lowest BCUT2D eigenvalue weighted by molar-refractivity contribution is -0.139. The summed E-state index contributed by atoms with van der Waals surface area (Å²) in [4.78, 5) is 10.7. The predicted octanol–water partition coefficient (Wildman–Crippen LogP) is 0.711. The Morgan fingerprint density at radius 3 is 2.36 bits per heavy atom. The number of hydrogen-bond acceptors (Lipinski definition) is 3. The summed E-state index contributed by atoms with van der Waals surface area (Å²) in [5.41, 5.74) is 5.39. The van der Waals surface area contributed by atoms with Crippen LogP contribution in [0.15, 0.2) is 0 Å². The molecular formula is C10H20N2O2. The fourth-order valence-electron chi connectivity index (χ4n) is 1.97. The van der Waals surface area contributed by atoms with E-state index in [1.54, 1.807) is 0 Å². The number of aliphatic carboxylic acids is 1. The van der Waals surface area contributed by atoms with Crippen LogP contribution in [0, 0.1) is 0 Å². The average molecular weight is 200 g/mol. The summed E-state index contributed by atoms with van der Waals surface area (Å²) in [6.07, 6.45) is 7.13. The smallest absolute Gasteiger partial charge is 0.322 e. The molecule has 1 unspecified atom stereocenters. The Labute approximate surface area is 84.9 Å². The summed E-state index contributed by atoms with van der Waals surface area (Å²) in [6.45, 7) is 0.172. The van der Waals surface area contributed by atoms with Gasteiger partial charge >= 0.3 is 5.97 Å². The summed E-state index contributed by atoms with van der Waals surface area (Å²) < 4.78 is 0. The Kier molecular flexibility index (Phi) is 4.90. The zero-order valence-corrected chi connectivity index (χ0v) is 8.54. The Morgan fingerprint density at radius 1 is 1.36 bits per heavy atom. The van der Waals surface area contributed by atoms with E-state index in [-0.39, 0.29) is 6.54 Å². The molecular weight excluding hydrogens is 180 g/mol. The van der Waals surface area contributed by atoms with Crippen LogP contribution in [0.4, 0.5) is 0 Å². The van der Waals surface area contributed by atoms with Crippen LogP contribution in [0.5, 0.6) is 0 Å². The van der Waals surface area contributed by atoms with Gasteiger partial charge in [-0.2, -0.15) is 0 Å². The monoisotopic (exact) mass is 200 g/mol. The first-order chi connectivity index (χ1) is 6.74. The molecule has 0 radical (unpaired) electrons. The standard InChI is InChI=1S/C10H20N2O2/c11-7-9(10(13)14)12-8-5-3-1-2-4-6-8/h8-9,12H,1-7,11H2,(H,13,14). The lowest BCUT2D eigenvalue weighted by Crippen LogP contribution is -2.47. The molecule has 4 nitrogen and oxygen atoms in total. The van der Waals surface area contributed by atoms with Crippen molar-refractivity contribution in [2.24, 2.45) is 5.73 Å². The number of carbonyl (C=O) groups is 1. The number of carboxylic acid groups (broad SMARTS) is 1. The van der Waals surface area contributed by atoms with E-state index in [1.807, 2.05) is 0 Å². The number of nitrogens with two attached hydrogens (primary N) is 1. The fourth-order valence-corrected chi connectivity index (χ4v) is 1.97. The first-order valence-electron chi connectivity index (χ1n) is 5.43. The van der Waals surface area contributed by atoms with Gasteiger partial charge in [-0.1, -0.05) is 25.7 Å². The molecule has 4 N–H and O–H groups in total. The van der Waals surface area contributed by atoms with Crippen LogP contribution < -0.4 is 11.1 Å². The molecule has 0 heterocycles. The Bertz CT molecular complexity index is 177. The highest BCUT2D eigenvalue weighted by molar-refractivity contribution is 5.73. The molecule has 0 saturated heterocycles. The van der Waals surface area contributed by atoms with Gasteiger partial charge in [0.05, 0.1) is 0 Å². The second-order valence-corrected chi connectivity index (χ2v) is 3.98. The summed E-state index contributed by atoms with van der Waals surface area (Å²) in [5, 5.41) is 12.0. The third-order valence-corrected chi connectivity index (χ3v) is 2.83. The van der Waals surface area contributed by atoms with Crippen molar-refractivity contribution >= 4 is 5.97 Å². The number of carboxylic acids is 1. The molecule has 0 aromatic rings. The Balaban J connectivity index is 2.35. The van der Waals surface area contributed by atoms with E-state index in [0.29, 0.717) is 6.04 Å². The maximum atomic E-state index is 10.7. The minimum atomic E-state index is -0.836. The topological polar surface area (TPSA) is 75.3 Å². The highest BCUT2D eigenvalue weighted by Crippen LogP contribution is 2.17. The van der Waals surface area contributed by atoms with Crippen LogP contribution >= 0.6 is 0 Å². The van der Waals surface area contributed by atoms with Crippen LogP contribution in [0.25, 0.3) is 0 Å². The zero-order valence-electron chi connectivity index (χ0n) is 8.54. The van der Waals surface area contributed by atoms with Gasteiger partial charge in [-0.05, 0) is 12.8 Å². The summed E-state index contributed by atoms with van der Waals surface area (Å²) >= 11 is 0. The first-order valence-corrected chi connectivity index (χ1v) is 5.43. The van der Waals surface area contributed by atoms with Crippen molar-refractivity contribution in [3.63, 3.8) is 0 Å². The van der Waals surface area contributed by atoms with Crippen LogP contribution in [0.2, 0.25) is 0 Å². The molecule has 4 heteroatoms. The second kappa shape index (κ2) is 5.98. The van der Waals surface area contributed by atoms with Gasteiger partial charge in [0.2, 0.25) is 0 Å².